The van der Waals surface area contributed by atoms with Crippen LogP contribution in [0.2, 0.25) is 0 Å². The van der Waals surface area contributed by atoms with Crippen molar-refractivity contribution >= 4 is 0 Å². The molecule has 0 spiro atoms. The molecule has 0 aromatic heterocycles. The number of aliphatic hydroxyl groups excluding tert-OH is 1. The van der Waals surface area contributed by atoms with E-state index in [0.717, 1.165) is 19.5 Å². The van der Waals surface area contributed by atoms with Crippen LogP contribution in [0.25, 0.3) is 0 Å². The summed E-state index contributed by atoms with van der Waals surface area (Å²) in [6.45, 7) is 10.7. The minimum absolute atomic E-state index is 0.204. The van der Waals surface area contributed by atoms with E-state index in [9.17, 15) is 5.11 Å². The van der Waals surface area contributed by atoms with Crippen molar-refractivity contribution in [1.29, 1.82) is 0 Å². The molecule has 0 fully saturated rings. The molecule has 2 nitrogen and oxygen atoms in total. The average molecular weight is 257 g/mol. The van der Waals surface area contributed by atoms with Gasteiger partial charge < -0.3 is 5.11 Å². The Morgan fingerprint density at radius 3 is 1.78 bits per heavy atom. The quantitative estimate of drug-likeness (QED) is 0.529. The smallest absolute Gasteiger partial charge is 0.0667 e. The SMILES string of the molecule is CCCCCCCCCC(C(C)O)N(CC)CC. The van der Waals surface area contributed by atoms with Gasteiger partial charge in [-0.05, 0) is 26.4 Å². The van der Waals surface area contributed by atoms with Crippen LogP contribution in [0.5, 0.6) is 0 Å². The highest BCUT2D eigenvalue weighted by Crippen LogP contribution is 2.15. The van der Waals surface area contributed by atoms with Gasteiger partial charge in [0.15, 0.2) is 0 Å². The van der Waals surface area contributed by atoms with E-state index in [0.29, 0.717) is 6.04 Å². The number of aliphatic hydroxyl groups is 1. The highest BCUT2D eigenvalue weighted by Gasteiger charge is 2.19. The maximum absolute atomic E-state index is 9.88. The second-order valence-electron chi connectivity index (χ2n) is 5.44. The van der Waals surface area contributed by atoms with Gasteiger partial charge in [-0.3, -0.25) is 4.90 Å². The lowest BCUT2D eigenvalue weighted by Crippen LogP contribution is -2.42. The van der Waals surface area contributed by atoms with Crippen LogP contribution >= 0.6 is 0 Å². The lowest BCUT2D eigenvalue weighted by molar-refractivity contribution is 0.0601. The van der Waals surface area contributed by atoms with Crippen LogP contribution < -0.4 is 0 Å². The van der Waals surface area contributed by atoms with Gasteiger partial charge in [-0.25, -0.2) is 0 Å². The first-order valence-electron chi connectivity index (χ1n) is 8.09. The molecule has 0 rings (SSSR count). The summed E-state index contributed by atoms with van der Waals surface area (Å²) < 4.78 is 0. The first-order chi connectivity index (χ1) is 8.67. The van der Waals surface area contributed by atoms with Crippen LogP contribution in [0.15, 0.2) is 0 Å². The first-order valence-corrected chi connectivity index (χ1v) is 8.09. The van der Waals surface area contributed by atoms with E-state index in [1.807, 2.05) is 6.92 Å². The topological polar surface area (TPSA) is 23.5 Å². The number of nitrogens with zero attached hydrogens (tertiary/aromatic N) is 1. The van der Waals surface area contributed by atoms with Crippen LogP contribution in [-0.4, -0.2) is 35.2 Å². The largest absolute Gasteiger partial charge is 0.392 e. The Morgan fingerprint density at radius 2 is 1.33 bits per heavy atom. The van der Waals surface area contributed by atoms with Gasteiger partial charge in [0.2, 0.25) is 0 Å². The Labute approximate surface area is 115 Å². The third kappa shape index (κ3) is 8.10. The molecule has 0 saturated carbocycles. The van der Waals surface area contributed by atoms with Gasteiger partial charge in [0, 0.05) is 6.04 Å². The average Bonchev–Trinajstić information content (AvgIpc) is 2.36. The van der Waals surface area contributed by atoms with Crippen molar-refractivity contribution in [3.05, 3.63) is 0 Å². The normalized spacial score (nSPS) is 15.0. The summed E-state index contributed by atoms with van der Waals surface area (Å²) in [5.41, 5.74) is 0. The maximum Gasteiger partial charge on any atom is 0.0667 e. The standard InChI is InChI=1S/C16H35NO/c1-5-8-9-10-11-12-13-14-16(15(4)18)17(6-2)7-3/h15-16,18H,5-14H2,1-4H3. The number of rotatable bonds is 12. The molecule has 2 heteroatoms. The number of unbranched alkanes of at least 4 members (excludes halogenated alkanes) is 6. The zero-order valence-electron chi connectivity index (χ0n) is 13.1. The van der Waals surface area contributed by atoms with Crippen molar-refractivity contribution in [3.63, 3.8) is 0 Å². The molecule has 0 bridgehead atoms. The zero-order chi connectivity index (χ0) is 13.8. The van der Waals surface area contributed by atoms with Crippen molar-refractivity contribution in [3.8, 4) is 0 Å². The van der Waals surface area contributed by atoms with E-state index in [2.05, 4.69) is 25.7 Å². The van der Waals surface area contributed by atoms with E-state index in [1.54, 1.807) is 0 Å². The third-order valence-corrected chi connectivity index (χ3v) is 3.94. The molecule has 0 aliphatic heterocycles. The number of hydrogen-bond acceptors (Lipinski definition) is 2. The fraction of sp³-hybridized carbons (Fsp3) is 1.00. The summed E-state index contributed by atoms with van der Waals surface area (Å²) in [6, 6.07) is 0.357. The van der Waals surface area contributed by atoms with Crippen LogP contribution in [0.4, 0.5) is 0 Å². The fourth-order valence-electron chi connectivity index (χ4n) is 2.73. The molecule has 0 aliphatic carbocycles. The molecular formula is C16H35NO. The Hall–Kier alpha value is -0.0800. The lowest BCUT2D eigenvalue weighted by Gasteiger charge is -2.32. The second-order valence-corrected chi connectivity index (χ2v) is 5.44. The molecule has 18 heavy (non-hydrogen) atoms. The molecule has 110 valence electrons. The summed E-state index contributed by atoms with van der Waals surface area (Å²) in [7, 11) is 0. The summed E-state index contributed by atoms with van der Waals surface area (Å²) in [5, 5.41) is 9.88. The Bertz CT molecular complexity index is 166. The monoisotopic (exact) mass is 257 g/mol. The van der Waals surface area contributed by atoms with Gasteiger partial charge >= 0.3 is 0 Å². The van der Waals surface area contributed by atoms with Crippen LogP contribution in [0, 0.1) is 0 Å². The van der Waals surface area contributed by atoms with Crippen LogP contribution in [-0.2, 0) is 0 Å². The predicted molar refractivity (Wildman–Crippen MR) is 81.0 cm³/mol. The van der Waals surface area contributed by atoms with Crippen molar-refractivity contribution in [1.82, 2.24) is 4.90 Å². The Morgan fingerprint density at radius 1 is 0.833 bits per heavy atom. The van der Waals surface area contributed by atoms with E-state index < -0.39 is 0 Å². The molecule has 1 N–H and O–H groups in total. The van der Waals surface area contributed by atoms with Crippen molar-refractivity contribution in [2.45, 2.75) is 91.2 Å². The van der Waals surface area contributed by atoms with E-state index in [4.69, 9.17) is 0 Å². The maximum atomic E-state index is 9.88. The predicted octanol–water partition coefficient (Wildman–Crippen LogP) is 4.22. The number of hydrogen-bond donors (Lipinski definition) is 1. The minimum atomic E-state index is -0.204. The Balaban J connectivity index is 3.71. The first kappa shape index (κ1) is 17.9. The molecular weight excluding hydrogens is 222 g/mol. The molecule has 2 unspecified atom stereocenters. The van der Waals surface area contributed by atoms with Gasteiger partial charge in [-0.1, -0.05) is 65.7 Å². The summed E-state index contributed by atoms with van der Waals surface area (Å²) in [4.78, 5) is 2.39. The summed E-state index contributed by atoms with van der Waals surface area (Å²) >= 11 is 0. The molecule has 0 aliphatic rings. The summed E-state index contributed by atoms with van der Waals surface area (Å²) in [5.74, 6) is 0. The number of likely N-dealkylation sites (N-methyl/N-ethyl adjacent to an activating group) is 1. The molecule has 0 radical (unpaired) electrons. The highest BCUT2D eigenvalue weighted by atomic mass is 16.3. The van der Waals surface area contributed by atoms with E-state index in [-0.39, 0.29) is 6.10 Å². The molecule has 0 amide bonds. The molecule has 0 saturated heterocycles. The summed E-state index contributed by atoms with van der Waals surface area (Å²) in [6.07, 6.45) is 10.4. The minimum Gasteiger partial charge on any atom is -0.392 e. The van der Waals surface area contributed by atoms with Crippen LogP contribution in [0.3, 0.4) is 0 Å². The van der Waals surface area contributed by atoms with Gasteiger partial charge in [0.25, 0.3) is 0 Å². The van der Waals surface area contributed by atoms with Crippen molar-refractivity contribution in [2.24, 2.45) is 0 Å². The van der Waals surface area contributed by atoms with Gasteiger partial charge in [0.1, 0.15) is 0 Å². The Kier molecular flexibility index (Phi) is 11.9. The van der Waals surface area contributed by atoms with E-state index >= 15 is 0 Å². The van der Waals surface area contributed by atoms with Crippen molar-refractivity contribution < 1.29 is 5.11 Å². The van der Waals surface area contributed by atoms with Gasteiger partial charge in [0.05, 0.1) is 6.10 Å². The third-order valence-electron chi connectivity index (χ3n) is 3.94. The fourth-order valence-corrected chi connectivity index (χ4v) is 2.73. The molecule has 0 heterocycles. The molecule has 0 aromatic rings. The van der Waals surface area contributed by atoms with E-state index in [1.165, 1.54) is 44.9 Å². The van der Waals surface area contributed by atoms with Gasteiger partial charge in [-0.2, -0.15) is 0 Å². The van der Waals surface area contributed by atoms with Gasteiger partial charge in [-0.15, -0.1) is 0 Å². The van der Waals surface area contributed by atoms with Crippen molar-refractivity contribution in [2.75, 3.05) is 13.1 Å². The highest BCUT2D eigenvalue weighted by molar-refractivity contribution is 4.75. The second kappa shape index (κ2) is 12.0. The van der Waals surface area contributed by atoms with Crippen LogP contribution in [0.1, 0.15) is 79.1 Å². The lowest BCUT2D eigenvalue weighted by atomic mass is 10.0. The molecule has 2 atom stereocenters. The zero-order valence-corrected chi connectivity index (χ0v) is 13.1. The molecule has 0 aromatic carbocycles.